The molecule has 0 atom stereocenters. The maximum Gasteiger partial charge on any atom is 0.488 e. The van der Waals surface area contributed by atoms with E-state index in [4.69, 9.17) is 41.2 Å². The lowest BCUT2D eigenvalue weighted by molar-refractivity contribution is 0.00467. The van der Waals surface area contributed by atoms with E-state index in [0.717, 1.165) is 45.3 Å². The molecule has 0 amide bonds. The van der Waals surface area contributed by atoms with Crippen molar-refractivity contribution in [2.45, 2.75) is 97.9 Å². The second kappa shape index (κ2) is 16.7. The number of benzene rings is 2. The second-order valence-electron chi connectivity index (χ2n) is 14.8. The number of rotatable bonds is 8. The van der Waals surface area contributed by atoms with E-state index in [2.05, 4.69) is 42.7 Å². The molecule has 0 bridgehead atoms. The topological polar surface area (TPSA) is 150 Å². The highest BCUT2D eigenvalue weighted by Crippen LogP contribution is 2.42. The Morgan fingerprint density at radius 3 is 1.58 bits per heavy atom. The van der Waals surface area contributed by atoms with Gasteiger partial charge in [0, 0.05) is 30.1 Å². The van der Waals surface area contributed by atoms with E-state index in [0.29, 0.717) is 35.5 Å². The van der Waals surface area contributed by atoms with Crippen molar-refractivity contribution in [3.05, 3.63) is 88.3 Å². The molecule has 12 heteroatoms. The van der Waals surface area contributed by atoms with Gasteiger partial charge in [-0.2, -0.15) is 0 Å². The molecule has 2 saturated carbocycles. The summed E-state index contributed by atoms with van der Waals surface area (Å²) in [6.45, 7) is 9.87. The minimum Gasteiger partial charge on any atom is -0.508 e. The minimum absolute atomic E-state index is 0. The summed E-state index contributed by atoms with van der Waals surface area (Å²) in [6, 6.07) is 16.6. The zero-order chi connectivity index (χ0) is 37.0. The first kappa shape index (κ1) is 39.8. The van der Waals surface area contributed by atoms with Crippen LogP contribution in [-0.4, -0.2) is 61.0 Å². The number of ether oxygens (including phenoxy) is 2. The average molecular weight is 741 g/mol. The van der Waals surface area contributed by atoms with Crippen LogP contribution in [0.25, 0.3) is 11.3 Å². The number of pyridine rings is 2. The lowest BCUT2D eigenvalue weighted by Crippen LogP contribution is -2.41. The quantitative estimate of drug-likeness (QED) is 0.106. The van der Waals surface area contributed by atoms with E-state index in [1.54, 1.807) is 18.2 Å². The molecule has 4 N–H and O–H groups in total. The lowest BCUT2D eigenvalue weighted by atomic mass is 9.74. The summed E-state index contributed by atoms with van der Waals surface area (Å²) in [5, 5.41) is 35.9. The number of hydrogen-bond acceptors (Lipinski definition) is 10. The van der Waals surface area contributed by atoms with Crippen molar-refractivity contribution in [2.24, 2.45) is 21.8 Å². The Morgan fingerprint density at radius 1 is 0.679 bits per heavy atom. The molecular weight excluding hydrogens is 691 g/mol. The van der Waals surface area contributed by atoms with Gasteiger partial charge >= 0.3 is 7.12 Å². The normalized spacial score (nSPS) is 15.7. The van der Waals surface area contributed by atoms with Crippen molar-refractivity contribution in [3.8, 4) is 34.3 Å². The fourth-order valence-corrected chi connectivity index (χ4v) is 6.83. The lowest BCUT2D eigenvalue weighted by Gasteiger charge is -2.40. The Kier molecular flexibility index (Phi) is 12.5. The number of halogens is 1. The van der Waals surface area contributed by atoms with Gasteiger partial charge in [0.25, 0.3) is 0 Å². The van der Waals surface area contributed by atoms with Gasteiger partial charge in [0.2, 0.25) is 0 Å². The number of fused-ring (bicyclic) bond motifs is 2. The molecule has 10 nitrogen and oxygen atoms in total. The van der Waals surface area contributed by atoms with Crippen LogP contribution < -0.4 is 14.9 Å². The third-order valence-corrected chi connectivity index (χ3v) is 10.6. The molecule has 2 aliphatic carbocycles. The molecular formula is C41H50BClN4O6. The molecule has 0 spiro atoms. The number of phenols is 2. The van der Waals surface area contributed by atoms with Crippen molar-refractivity contribution in [1.29, 1.82) is 0 Å². The Balaban J connectivity index is 0.000000165. The highest BCUT2D eigenvalue weighted by atomic mass is 35.5. The van der Waals surface area contributed by atoms with Crippen molar-refractivity contribution in [2.75, 3.05) is 0 Å². The number of aromatic hydroxyl groups is 2. The zero-order valence-electron chi connectivity index (χ0n) is 30.1. The van der Waals surface area contributed by atoms with Crippen LogP contribution in [0.4, 0.5) is 0 Å². The van der Waals surface area contributed by atoms with Crippen molar-refractivity contribution in [1.82, 2.24) is 9.97 Å². The number of aliphatic imine (C=N–C) groups is 2. The van der Waals surface area contributed by atoms with Gasteiger partial charge in [-0.05, 0) is 107 Å². The molecule has 0 unspecified atom stereocenters. The van der Waals surface area contributed by atoms with E-state index in [1.165, 1.54) is 62.8 Å². The van der Waals surface area contributed by atoms with Crippen LogP contribution in [-0.2, 0) is 13.1 Å². The summed E-state index contributed by atoms with van der Waals surface area (Å²) in [6.07, 6.45) is 11.3. The Bertz CT molecular complexity index is 1920. The fourth-order valence-electron chi connectivity index (χ4n) is 6.63. The first-order chi connectivity index (χ1) is 24.8. The summed E-state index contributed by atoms with van der Waals surface area (Å²) >= 11 is 6.04. The third-order valence-electron chi connectivity index (χ3n) is 10.4. The van der Waals surface area contributed by atoms with Crippen LogP contribution in [0.5, 0.6) is 23.0 Å². The van der Waals surface area contributed by atoms with Crippen LogP contribution in [0, 0.1) is 11.8 Å². The van der Waals surface area contributed by atoms with Gasteiger partial charge in [0.15, 0.2) is 0 Å². The van der Waals surface area contributed by atoms with E-state index in [1.807, 2.05) is 30.6 Å². The Morgan fingerprint density at radius 2 is 1.13 bits per heavy atom. The number of aromatic nitrogens is 2. The van der Waals surface area contributed by atoms with Crippen LogP contribution in [0.15, 0.2) is 70.6 Å². The first-order valence-electron chi connectivity index (χ1n) is 17.8. The molecule has 53 heavy (non-hydrogen) atoms. The molecule has 280 valence electrons. The molecule has 4 aliphatic rings. The van der Waals surface area contributed by atoms with E-state index in [9.17, 15) is 5.11 Å². The summed E-state index contributed by atoms with van der Waals surface area (Å²) in [5.41, 5.74) is 5.74. The van der Waals surface area contributed by atoms with Crippen LogP contribution in [0.1, 0.15) is 96.2 Å². The average Bonchev–Trinajstić information content (AvgIpc) is 3.70. The van der Waals surface area contributed by atoms with Gasteiger partial charge in [-0.1, -0.05) is 44.0 Å². The summed E-state index contributed by atoms with van der Waals surface area (Å²) in [7, 11) is -1.46. The first-order valence-corrected chi connectivity index (χ1v) is 18.2. The summed E-state index contributed by atoms with van der Waals surface area (Å²) < 4.78 is 12.7. The molecule has 4 aromatic rings. The fraction of sp³-hybridized carbons (Fsp3) is 0.415. The van der Waals surface area contributed by atoms with Crippen LogP contribution in [0.3, 0.4) is 0 Å². The van der Waals surface area contributed by atoms with E-state index < -0.39 is 7.12 Å². The highest BCUT2D eigenvalue weighted by Gasteiger charge is 2.38. The van der Waals surface area contributed by atoms with E-state index in [-0.39, 0.29) is 30.1 Å². The number of phenolic OH excluding ortho intramolecular Hbond substituents is 2. The third kappa shape index (κ3) is 9.57. The molecule has 0 radical (unpaired) electrons. The molecule has 2 aromatic heterocycles. The Hall–Kier alpha value is -4.45. The van der Waals surface area contributed by atoms with Crippen molar-refractivity contribution < 1.29 is 29.7 Å². The molecule has 4 heterocycles. The highest BCUT2D eigenvalue weighted by molar-refractivity contribution is 6.58. The maximum atomic E-state index is 9.50. The van der Waals surface area contributed by atoms with Crippen molar-refractivity contribution >= 4 is 36.6 Å². The monoisotopic (exact) mass is 740 g/mol. The summed E-state index contributed by atoms with van der Waals surface area (Å²) in [4.78, 5) is 17.6. The van der Waals surface area contributed by atoms with Gasteiger partial charge in [0.1, 0.15) is 39.4 Å². The van der Waals surface area contributed by atoms with Gasteiger partial charge in [-0.3, -0.25) is 9.98 Å². The van der Waals surface area contributed by atoms with Gasteiger partial charge in [0.05, 0.1) is 41.3 Å². The Labute approximate surface area is 317 Å². The maximum absolute atomic E-state index is 9.50. The molecule has 8 rings (SSSR count). The van der Waals surface area contributed by atoms with Crippen LogP contribution >= 0.6 is 11.6 Å². The largest absolute Gasteiger partial charge is 0.508 e. The smallest absolute Gasteiger partial charge is 0.488 e. The summed E-state index contributed by atoms with van der Waals surface area (Å²) in [5.74, 6) is 3.30. The second-order valence-corrected chi connectivity index (χ2v) is 15.2. The standard InChI is InChI=1S/C20H22N2O2.C14H17ClN2O.C6H7BO3.CH4/c1-20(2,14-4-3-5-14)24-19-10-17(13-6-8-15(23)9-7-13)22-18-12-21-11-16(18)19;1-14(2,9-4-3-5-9)18-12-6-13(15)17-11-8-16-7-10(11)12;8-6-3-1-5(2-4-6)7(9)10;/h6-11,14,23H,3-5,12H2,1-2H3;6-7,9H,3-5,8H2,1-2H3;1-4,8-10H;1H4. The molecule has 0 saturated heterocycles. The van der Waals surface area contributed by atoms with Gasteiger partial charge < -0.3 is 29.7 Å². The SMILES string of the molecule is C.CC(C)(Oc1cc(-c2ccc(O)cc2)nc2c1C=NC2)C1CCC1.CC(C)(Oc1cc(Cl)nc2c1C=NC2)C1CCC1.OB(O)c1ccc(O)cc1. The van der Waals surface area contributed by atoms with Crippen LogP contribution in [0.2, 0.25) is 5.15 Å². The number of nitrogens with zero attached hydrogens (tertiary/aromatic N) is 4. The van der Waals surface area contributed by atoms with Gasteiger partial charge in [-0.15, -0.1) is 0 Å². The minimum atomic E-state index is -1.46. The molecule has 2 aliphatic heterocycles. The molecule has 2 fully saturated rings. The predicted octanol–water partition coefficient (Wildman–Crippen LogP) is 7.68. The number of hydrogen-bond donors (Lipinski definition) is 4. The van der Waals surface area contributed by atoms with E-state index >= 15 is 0 Å². The van der Waals surface area contributed by atoms with Gasteiger partial charge in [-0.25, -0.2) is 9.97 Å². The predicted molar refractivity (Wildman–Crippen MR) is 212 cm³/mol. The zero-order valence-corrected chi connectivity index (χ0v) is 30.8. The molecule has 2 aromatic carbocycles. The van der Waals surface area contributed by atoms with Crippen molar-refractivity contribution in [3.63, 3.8) is 0 Å².